The van der Waals surface area contributed by atoms with Gasteiger partial charge in [0.1, 0.15) is 5.75 Å². The number of ether oxygens (including phenoxy) is 1. The van der Waals surface area contributed by atoms with Gasteiger partial charge in [-0.3, -0.25) is 4.79 Å². The molecule has 5 nitrogen and oxygen atoms in total. The number of pyridine rings is 1. The van der Waals surface area contributed by atoms with Crippen molar-refractivity contribution in [3.05, 3.63) is 63.5 Å². The molecule has 0 saturated carbocycles. The van der Waals surface area contributed by atoms with E-state index in [2.05, 4.69) is 21.2 Å². The summed E-state index contributed by atoms with van der Waals surface area (Å²) in [6.45, 7) is 1.85. The first-order valence-corrected chi connectivity index (χ1v) is 7.14. The molecule has 1 atom stereocenters. The minimum atomic E-state index is -0.412. The summed E-state index contributed by atoms with van der Waals surface area (Å²) in [6.07, 6.45) is 1.30. The number of nitrogens with zero attached hydrogens (tertiary/aromatic N) is 1. The second-order valence-corrected chi connectivity index (χ2v) is 5.36. The molecular weight excluding hydrogens is 336 g/mol. The van der Waals surface area contributed by atoms with Gasteiger partial charge in [0.05, 0.1) is 17.6 Å². The van der Waals surface area contributed by atoms with Crippen molar-refractivity contribution in [2.75, 3.05) is 7.11 Å². The van der Waals surface area contributed by atoms with E-state index in [1.165, 1.54) is 12.3 Å². The van der Waals surface area contributed by atoms with Gasteiger partial charge < -0.3 is 15.3 Å². The zero-order chi connectivity index (χ0) is 15.4. The first-order valence-electron chi connectivity index (χ1n) is 6.35. The normalized spacial score (nSPS) is 11.8. The van der Waals surface area contributed by atoms with E-state index < -0.39 is 5.91 Å². The predicted molar refractivity (Wildman–Crippen MR) is 82.0 cm³/mol. The second-order valence-electron chi connectivity index (χ2n) is 4.50. The Kier molecular flexibility index (Phi) is 4.80. The van der Waals surface area contributed by atoms with Gasteiger partial charge in [-0.1, -0.05) is 6.07 Å². The van der Waals surface area contributed by atoms with Crippen molar-refractivity contribution in [2.45, 2.75) is 13.0 Å². The Morgan fingerprint density at radius 3 is 2.76 bits per heavy atom. The lowest BCUT2D eigenvalue weighted by molar-refractivity contribution is -0.607. The zero-order valence-electron chi connectivity index (χ0n) is 11.7. The molecule has 2 rings (SSSR count). The molecule has 21 heavy (non-hydrogen) atoms. The third-order valence-electron chi connectivity index (χ3n) is 3.08. The van der Waals surface area contributed by atoms with Gasteiger partial charge in [0.25, 0.3) is 5.69 Å². The number of carbonyl (C=O) groups is 1. The second kappa shape index (κ2) is 6.58. The van der Waals surface area contributed by atoms with Crippen LogP contribution in [0, 0.1) is 5.21 Å². The number of hydrogen-bond acceptors (Lipinski definition) is 3. The first-order chi connectivity index (χ1) is 10.0. The van der Waals surface area contributed by atoms with E-state index in [1.807, 2.05) is 25.1 Å². The minimum absolute atomic E-state index is 0.0666. The summed E-state index contributed by atoms with van der Waals surface area (Å²) >= 11 is 3.41. The fourth-order valence-corrected chi connectivity index (χ4v) is 2.47. The largest absolute Gasteiger partial charge is 0.618 e. The van der Waals surface area contributed by atoms with Crippen molar-refractivity contribution >= 4 is 21.8 Å². The lowest BCUT2D eigenvalue weighted by Crippen LogP contribution is -2.39. The van der Waals surface area contributed by atoms with Crippen LogP contribution >= 0.6 is 15.9 Å². The van der Waals surface area contributed by atoms with Gasteiger partial charge in [-0.2, -0.15) is 4.73 Å². The summed E-state index contributed by atoms with van der Waals surface area (Å²) in [5.74, 6) is 0.308. The van der Waals surface area contributed by atoms with Gasteiger partial charge in [0.15, 0.2) is 6.20 Å². The average molecular weight is 351 g/mol. The number of halogens is 1. The number of hydrogen-bond donors (Lipinski definition) is 1. The summed E-state index contributed by atoms with van der Waals surface area (Å²) < 4.78 is 6.52. The number of amides is 1. The molecule has 6 heteroatoms. The molecule has 2 aromatic rings. The molecule has 0 aliphatic rings. The SMILES string of the molecule is COc1ccc([C@@H](C)NC(=O)c2cccc[n+]2[O-])cc1Br. The fourth-order valence-electron chi connectivity index (χ4n) is 1.91. The van der Waals surface area contributed by atoms with Gasteiger partial charge in [-0.25, -0.2) is 0 Å². The van der Waals surface area contributed by atoms with Crippen molar-refractivity contribution in [3.63, 3.8) is 0 Å². The maximum atomic E-state index is 12.1. The Bertz CT molecular complexity index is 661. The minimum Gasteiger partial charge on any atom is -0.618 e. The van der Waals surface area contributed by atoms with Crippen LogP contribution in [0.2, 0.25) is 0 Å². The van der Waals surface area contributed by atoms with Crippen LogP contribution in [-0.4, -0.2) is 13.0 Å². The highest BCUT2D eigenvalue weighted by Gasteiger charge is 2.18. The van der Waals surface area contributed by atoms with Crippen LogP contribution in [0.25, 0.3) is 0 Å². The Morgan fingerprint density at radius 2 is 2.14 bits per heavy atom. The summed E-state index contributed by atoms with van der Waals surface area (Å²) in [7, 11) is 1.59. The molecule has 1 N–H and O–H groups in total. The van der Waals surface area contributed by atoms with Crippen LogP contribution in [-0.2, 0) is 0 Å². The van der Waals surface area contributed by atoms with Crippen LogP contribution in [0.1, 0.15) is 29.0 Å². The molecule has 1 aromatic heterocycles. The highest BCUT2D eigenvalue weighted by molar-refractivity contribution is 9.10. The van der Waals surface area contributed by atoms with Crippen LogP contribution in [0.3, 0.4) is 0 Å². The van der Waals surface area contributed by atoms with Crippen LogP contribution in [0.15, 0.2) is 47.1 Å². The Labute approximate surface area is 131 Å². The van der Waals surface area contributed by atoms with E-state index in [1.54, 1.807) is 19.2 Å². The lowest BCUT2D eigenvalue weighted by Gasteiger charge is -2.15. The van der Waals surface area contributed by atoms with Crippen LogP contribution in [0.4, 0.5) is 0 Å². The van der Waals surface area contributed by atoms with Crippen molar-refractivity contribution in [1.29, 1.82) is 0 Å². The summed E-state index contributed by atoms with van der Waals surface area (Å²) in [6, 6.07) is 10.0. The van der Waals surface area contributed by atoms with Crippen molar-refractivity contribution < 1.29 is 14.3 Å². The average Bonchev–Trinajstić information content (AvgIpc) is 2.47. The predicted octanol–water partition coefficient (Wildman–Crippen LogP) is 2.58. The molecule has 1 heterocycles. The van der Waals surface area contributed by atoms with E-state index in [-0.39, 0.29) is 11.7 Å². The van der Waals surface area contributed by atoms with Crippen LogP contribution < -0.4 is 14.8 Å². The zero-order valence-corrected chi connectivity index (χ0v) is 13.3. The monoisotopic (exact) mass is 350 g/mol. The molecule has 0 bridgehead atoms. The quantitative estimate of drug-likeness (QED) is 0.680. The number of benzene rings is 1. The maximum absolute atomic E-state index is 12.1. The maximum Gasteiger partial charge on any atom is 0.317 e. The molecule has 0 aliphatic carbocycles. The highest BCUT2D eigenvalue weighted by Crippen LogP contribution is 2.27. The third kappa shape index (κ3) is 3.52. The molecule has 0 aliphatic heterocycles. The van der Waals surface area contributed by atoms with Gasteiger partial charge in [-0.15, -0.1) is 0 Å². The molecule has 0 fully saturated rings. The number of nitrogens with one attached hydrogen (secondary N) is 1. The molecule has 1 aromatic carbocycles. The first kappa shape index (κ1) is 15.3. The summed E-state index contributed by atoms with van der Waals surface area (Å²) in [5.41, 5.74) is 0.973. The number of carbonyl (C=O) groups excluding carboxylic acids is 1. The topological polar surface area (TPSA) is 65.3 Å². The fraction of sp³-hybridized carbons (Fsp3) is 0.200. The molecule has 0 spiro atoms. The van der Waals surface area contributed by atoms with Crippen LogP contribution in [0.5, 0.6) is 5.75 Å². The molecular formula is C15H15BrN2O3. The molecule has 1 amide bonds. The van der Waals surface area contributed by atoms with Gasteiger partial charge in [0.2, 0.25) is 0 Å². The van der Waals surface area contributed by atoms with E-state index in [9.17, 15) is 10.0 Å². The molecule has 0 unspecified atom stereocenters. The number of methoxy groups -OCH3 is 1. The molecule has 0 saturated heterocycles. The Hall–Kier alpha value is -2.08. The van der Waals surface area contributed by atoms with Gasteiger partial charge in [-0.05, 0) is 46.6 Å². The van der Waals surface area contributed by atoms with E-state index in [0.29, 0.717) is 4.73 Å². The molecule has 110 valence electrons. The highest BCUT2D eigenvalue weighted by atomic mass is 79.9. The summed E-state index contributed by atoms with van der Waals surface area (Å²) in [5, 5.41) is 14.3. The smallest absolute Gasteiger partial charge is 0.317 e. The standard InChI is InChI=1S/C15H15BrN2O3/c1-10(11-6-7-14(21-2)12(16)9-11)17-15(19)13-5-3-4-8-18(13)20/h3-10H,1-2H3,(H,17,19)/t10-/m1/s1. The van der Waals surface area contributed by atoms with Crippen molar-refractivity contribution in [2.24, 2.45) is 0 Å². The third-order valence-corrected chi connectivity index (χ3v) is 3.70. The van der Waals surface area contributed by atoms with Gasteiger partial charge >= 0.3 is 5.91 Å². The Morgan fingerprint density at radius 1 is 1.38 bits per heavy atom. The lowest BCUT2D eigenvalue weighted by atomic mass is 10.1. The van der Waals surface area contributed by atoms with Gasteiger partial charge in [0, 0.05) is 12.1 Å². The number of aromatic nitrogens is 1. The van der Waals surface area contributed by atoms with E-state index in [4.69, 9.17) is 4.74 Å². The van der Waals surface area contributed by atoms with E-state index >= 15 is 0 Å². The van der Waals surface area contributed by atoms with Crippen molar-refractivity contribution in [3.8, 4) is 5.75 Å². The van der Waals surface area contributed by atoms with E-state index in [0.717, 1.165) is 15.8 Å². The Balaban J connectivity index is 2.14. The van der Waals surface area contributed by atoms with Crippen molar-refractivity contribution in [1.82, 2.24) is 5.32 Å². The number of rotatable bonds is 4. The summed E-state index contributed by atoms with van der Waals surface area (Å²) in [4.78, 5) is 12.1. The molecule has 0 radical (unpaired) electrons.